The molecule has 0 unspecified atom stereocenters. The first-order valence-corrected chi connectivity index (χ1v) is 9.90. The summed E-state index contributed by atoms with van der Waals surface area (Å²) in [5.41, 5.74) is 2.00. The summed E-state index contributed by atoms with van der Waals surface area (Å²) in [6.45, 7) is 6.55. The molecule has 170 valence electrons. The van der Waals surface area contributed by atoms with Gasteiger partial charge in [-0.2, -0.15) is 5.26 Å². The number of carbonyl (C=O) groups excluding carboxylic acids is 3. The van der Waals surface area contributed by atoms with Gasteiger partial charge in [0.25, 0.3) is 0 Å². The normalized spacial score (nSPS) is 10.2. The van der Waals surface area contributed by atoms with E-state index in [0.29, 0.717) is 22.6 Å². The third kappa shape index (κ3) is 8.34. The van der Waals surface area contributed by atoms with Crippen LogP contribution in [0.3, 0.4) is 0 Å². The lowest BCUT2D eigenvalue weighted by atomic mass is 10.1. The third-order valence-electron chi connectivity index (χ3n) is 4.13. The lowest BCUT2D eigenvalue weighted by Gasteiger charge is -2.10. The SMILES string of the molecule is C=C(C)C(=O)OCOc1ccc(C(=O)Oc2ccc(/C=C/C(=O)OCCC#N)cc2C)cc1. The Kier molecular flexibility index (Phi) is 9.40. The van der Waals surface area contributed by atoms with Crippen LogP contribution in [0.2, 0.25) is 0 Å². The smallest absolute Gasteiger partial charge is 0.343 e. The average molecular weight is 449 g/mol. The number of esters is 3. The van der Waals surface area contributed by atoms with Gasteiger partial charge in [0.05, 0.1) is 18.1 Å². The molecular weight excluding hydrogens is 426 g/mol. The summed E-state index contributed by atoms with van der Waals surface area (Å²) < 4.78 is 20.4. The van der Waals surface area contributed by atoms with Crippen molar-refractivity contribution >= 4 is 24.0 Å². The second-order valence-corrected chi connectivity index (χ2v) is 6.82. The summed E-state index contributed by atoms with van der Waals surface area (Å²) in [6, 6.07) is 13.1. The van der Waals surface area contributed by atoms with Crippen molar-refractivity contribution in [3.63, 3.8) is 0 Å². The molecule has 0 aliphatic heterocycles. The number of hydrogen-bond acceptors (Lipinski definition) is 8. The van der Waals surface area contributed by atoms with Crippen molar-refractivity contribution in [2.75, 3.05) is 13.4 Å². The Morgan fingerprint density at radius 1 is 1.09 bits per heavy atom. The topological polar surface area (TPSA) is 112 Å². The highest BCUT2D eigenvalue weighted by atomic mass is 16.7. The van der Waals surface area contributed by atoms with Crippen LogP contribution in [0.4, 0.5) is 0 Å². The minimum Gasteiger partial charge on any atom is -0.461 e. The fourth-order valence-electron chi connectivity index (χ4n) is 2.42. The van der Waals surface area contributed by atoms with Crippen molar-refractivity contribution in [1.82, 2.24) is 0 Å². The van der Waals surface area contributed by atoms with Crippen LogP contribution in [-0.2, 0) is 19.1 Å². The van der Waals surface area contributed by atoms with E-state index in [2.05, 4.69) is 6.58 Å². The average Bonchev–Trinajstić information content (AvgIpc) is 2.79. The van der Waals surface area contributed by atoms with Crippen LogP contribution < -0.4 is 9.47 Å². The molecule has 0 atom stereocenters. The molecule has 0 saturated carbocycles. The van der Waals surface area contributed by atoms with Gasteiger partial charge in [0.15, 0.2) is 0 Å². The van der Waals surface area contributed by atoms with Crippen LogP contribution in [0.25, 0.3) is 6.08 Å². The van der Waals surface area contributed by atoms with Gasteiger partial charge in [0, 0.05) is 11.6 Å². The van der Waals surface area contributed by atoms with Crippen LogP contribution in [0.5, 0.6) is 11.5 Å². The number of nitriles is 1. The van der Waals surface area contributed by atoms with E-state index in [-0.39, 0.29) is 25.4 Å². The highest BCUT2D eigenvalue weighted by molar-refractivity contribution is 5.91. The molecule has 2 aromatic carbocycles. The molecule has 0 bridgehead atoms. The summed E-state index contributed by atoms with van der Waals surface area (Å²) in [5.74, 6) is -0.856. The summed E-state index contributed by atoms with van der Waals surface area (Å²) in [6.07, 6.45) is 2.97. The highest BCUT2D eigenvalue weighted by Gasteiger charge is 2.11. The molecule has 0 spiro atoms. The molecule has 0 radical (unpaired) electrons. The van der Waals surface area contributed by atoms with Gasteiger partial charge in [-0.3, -0.25) is 0 Å². The molecule has 2 aromatic rings. The summed E-state index contributed by atoms with van der Waals surface area (Å²) in [5, 5.41) is 8.44. The van der Waals surface area contributed by atoms with E-state index in [1.165, 1.54) is 25.1 Å². The Morgan fingerprint density at radius 2 is 1.82 bits per heavy atom. The zero-order valence-electron chi connectivity index (χ0n) is 18.3. The lowest BCUT2D eigenvalue weighted by Crippen LogP contribution is -2.11. The van der Waals surface area contributed by atoms with E-state index in [4.69, 9.17) is 24.2 Å². The van der Waals surface area contributed by atoms with Gasteiger partial charge < -0.3 is 18.9 Å². The quantitative estimate of drug-likeness (QED) is 0.175. The lowest BCUT2D eigenvalue weighted by molar-refractivity contribution is -0.145. The van der Waals surface area contributed by atoms with Crippen LogP contribution in [-0.4, -0.2) is 31.3 Å². The number of ether oxygens (including phenoxy) is 4. The van der Waals surface area contributed by atoms with Crippen molar-refractivity contribution < 1.29 is 33.3 Å². The van der Waals surface area contributed by atoms with Crippen LogP contribution >= 0.6 is 0 Å². The Labute approximate surface area is 191 Å². The van der Waals surface area contributed by atoms with Crippen molar-refractivity contribution in [3.8, 4) is 17.6 Å². The van der Waals surface area contributed by atoms with Gasteiger partial charge in [0.2, 0.25) is 6.79 Å². The fourth-order valence-corrected chi connectivity index (χ4v) is 2.42. The van der Waals surface area contributed by atoms with E-state index in [9.17, 15) is 14.4 Å². The minimum atomic E-state index is -0.553. The maximum absolute atomic E-state index is 12.4. The predicted octanol–water partition coefficient (Wildman–Crippen LogP) is 4.14. The zero-order chi connectivity index (χ0) is 24.2. The molecule has 0 aromatic heterocycles. The molecule has 0 aliphatic carbocycles. The van der Waals surface area contributed by atoms with Gasteiger partial charge >= 0.3 is 17.9 Å². The molecule has 8 heteroatoms. The first-order valence-electron chi connectivity index (χ1n) is 9.90. The Morgan fingerprint density at radius 3 is 2.45 bits per heavy atom. The first kappa shape index (κ1) is 24.9. The summed E-state index contributed by atoms with van der Waals surface area (Å²) in [4.78, 5) is 35.3. The molecule has 0 aliphatic rings. The van der Waals surface area contributed by atoms with E-state index in [0.717, 1.165) is 5.56 Å². The van der Waals surface area contributed by atoms with Crippen LogP contribution in [0.1, 0.15) is 34.8 Å². The van der Waals surface area contributed by atoms with Crippen molar-refractivity contribution in [3.05, 3.63) is 77.4 Å². The van der Waals surface area contributed by atoms with Crippen LogP contribution in [0, 0.1) is 18.3 Å². The van der Waals surface area contributed by atoms with Crippen molar-refractivity contribution in [2.24, 2.45) is 0 Å². The minimum absolute atomic E-state index is 0.0448. The molecule has 33 heavy (non-hydrogen) atoms. The van der Waals surface area contributed by atoms with E-state index in [1.807, 2.05) is 6.07 Å². The fraction of sp³-hybridized carbons (Fsp3) is 0.200. The van der Waals surface area contributed by atoms with Crippen molar-refractivity contribution in [2.45, 2.75) is 20.3 Å². The molecular formula is C25H23NO7. The number of rotatable bonds is 10. The standard InChI is InChI=1S/C25H23NO7/c1-17(2)24(28)32-16-31-21-9-7-20(8-10-21)25(29)33-22-11-5-19(15-18(22)3)6-12-23(27)30-14-4-13-26/h5-12,15H,1,4,14,16H2,2-3H3/b12-6+. The molecule has 0 N–H and O–H groups in total. The molecule has 2 rings (SSSR count). The number of carbonyl (C=O) groups is 3. The largest absolute Gasteiger partial charge is 0.461 e. The Balaban J connectivity index is 1.91. The third-order valence-corrected chi connectivity index (χ3v) is 4.13. The monoisotopic (exact) mass is 449 g/mol. The summed E-state index contributed by atoms with van der Waals surface area (Å²) >= 11 is 0. The number of aryl methyl sites for hydroxylation is 1. The van der Waals surface area contributed by atoms with Crippen LogP contribution in [0.15, 0.2) is 60.7 Å². The second-order valence-electron chi connectivity index (χ2n) is 6.82. The maximum atomic E-state index is 12.4. The van der Waals surface area contributed by atoms with E-state index >= 15 is 0 Å². The predicted molar refractivity (Wildman–Crippen MR) is 119 cm³/mol. The molecule has 0 saturated heterocycles. The maximum Gasteiger partial charge on any atom is 0.343 e. The van der Waals surface area contributed by atoms with Gasteiger partial charge in [0.1, 0.15) is 18.1 Å². The van der Waals surface area contributed by atoms with Crippen molar-refractivity contribution in [1.29, 1.82) is 5.26 Å². The van der Waals surface area contributed by atoms with E-state index < -0.39 is 17.9 Å². The Hall–Kier alpha value is -4.38. The van der Waals surface area contributed by atoms with Gasteiger partial charge in [-0.05, 0) is 67.4 Å². The Bertz CT molecular complexity index is 1090. The number of benzene rings is 2. The zero-order valence-corrected chi connectivity index (χ0v) is 18.3. The van der Waals surface area contributed by atoms with Gasteiger partial charge in [-0.1, -0.05) is 12.6 Å². The molecule has 0 fully saturated rings. The van der Waals surface area contributed by atoms with Gasteiger partial charge in [-0.15, -0.1) is 0 Å². The molecule has 0 heterocycles. The summed E-state index contributed by atoms with van der Waals surface area (Å²) in [7, 11) is 0. The first-order chi connectivity index (χ1) is 15.8. The van der Waals surface area contributed by atoms with E-state index in [1.54, 1.807) is 43.3 Å². The molecule has 8 nitrogen and oxygen atoms in total. The highest BCUT2D eigenvalue weighted by Crippen LogP contribution is 2.22. The number of hydrogen-bond donors (Lipinski definition) is 0. The number of nitrogens with zero attached hydrogens (tertiary/aromatic N) is 1. The second kappa shape index (κ2) is 12.5. The molecule has 0 amide bonds. The van der Waals surface area contributed by atoms with Gasteiger partial charge in [-0.25, -0.2) is 14.4 Å².